The molecule has 0 radical (unpaired) electrons. The Morgan fingerprint density at radius 3 is 2.56 bits per heavy atom. The van der Waals surface area contributed by atoms with Crippen molar-refractivity contribution in [3.05, 3.63) is 41.7 Å². The molecule has 0 N–H and O–H groups in total. The third kappa shape index (κ3) is 2.01. The number of aryl methyl sites for hydroxylation is 2. The molecule has 0 atom stereocenters. The van der Waals surface area contributed by atoms with Gasteiger partial charge >= 0.3 is 0 Å². The molecule has 0 aliphatic carbocycles. The van der Waals surface area contributed by atoms with Crippen LogP contribution in [-0.2, 0) is 7.05 Å². The lowest BCUT2D eigenvalue weighted by Gasteiger charge is -2.12. The molecule has 0 bridgehead atoms. The van der Waals surface area contributed by atoms with Crippen molar-refractivity contribution in [2.75, 3.05) is 0 Å². The van der Waals surface area contributed by atoms with E-state index >= 15 is 0 Å². The van der Waals surface area contributed by atoms with Crippen molar-refractivity contribution in [1.82, 2.24) is 9.78 Å². The fourth-order valence-corrected chi connectivity index (χ4v) is 1.98. The average Bonchev–Trinajstić information content (AvgIpc) is 2.64. The SMILES string of the molecule is Cc1ccc(-c2cnn(C)c2)c(C(C)C)c1. The minimum atomic E-state index is 0.537. The number of hydrogen-bond acceptors (Lipinski definition) is 1. The van der Waals surface area contributed by atoms with E-state index in [1.807, 2.05) is 17.9 Å². The van der Waals surface area contributed by atoms with Crippen LogP contribution in [0.25, 0.3) is 11.1 Å². The largest absolute Gasteiger partial charge is 0.275 e. The Bertz CT molecular complexity index is 495. The second-order valence-corrected chi connectivity index (χ2v) is 4.65. The Kier molecular flexibility index (Phi) is 2.82. The molecule has 16 heavy (non-hydrogen) atoms. The fourth-order valence-electron chi connectivity index (χ4n) is 1.98. The monoisotopic (exact) mass is 214 g/mol. The van der Waals surface area contributed by atoms with E-state index in [4.69, 9.17) is 0 Å². The summed E-state index contributed by atoms with van der Waals surface area (Å²) in [6.45, 7) is 6.60. The zero-order chi connectivity index (χ0) is 11.7. The molecule has 2 heteroatoms. The Hall–Kier alpha value is -1.57. The summed E-state index contributed by atoms with van der Waals surface area (Å²) >= 11 is 0. The maximum Gasteiger partial charge on any atom is 0.0568 e. The molecule has 1 aromatic carbocycles. The van der Waals surface area contributed by atoms with Gasteiger partial charge in [0.25, 0.3) is 0 Å². The summed E-state index contributed by atoms with van der Waals surface area (Å²) in [4.78, 5) is 0. The first kappa shape index (κ1) is 10.9. The molecule has 2 nitrogen and oxygen atoms in total. The lowest BCUT2D eigenvalue weighted by Crippen LogP contribution is -1.93. The first-order valence-electron chi connectivity index (χ1n) is 5.67. The maximum atomic E-state index is 4.23. The van der Waals surface area contributed by atoms with Gasteiger partial charge in [0.15, 0.2) is 0 Å². The van der Waals surface area contributed by atoms with Crippen LogP contribution >= 0.6 is 0 Å². The highest BCUT2D eigenvalue weighted by atomic mass is 15.2. The van der Waals surface area contributed by atoms with Gasteiger partial charge in [-0.3, -0.25) is 4.68 Å². The molecule has 84 valence electrons. The first-order chi connectivity index (χ1) is 7.58. The molecule has 0 spiro atoms. The van der Waals surface area contributed by atoms with Crippen LogP contribution in [0, 0.1) is 6.92 Å². The molecule has 1 aromatic heterocycles. The molecular formula is C14H18N2. The molecule has 0 unspecified atom stereocenters. The van der Waals surface area contributed by atoms with E-state index < -0.39 is 0 Å². The Labute approximate surface area is 96.9 Å². The van der Waals surface area contributed by atoms with Gasteiger partial charge in [0.05, 0.1) is 6.20 Å². The van der Waals surface area contributed by atoms with E-state index in [0.717, 1.165) is 0 Å². The van der Waals surface area contributed by atoms with Crippen LogP contribution in [-0.4, -0.2) is 9.78 Å². The molecule has 0 amide bonds. The van der Waals surface area contributed by atoms with E-state index in [1.54, 1.807) is 0 Å². The highest BCUT2D eigenvalue weighted by Gasteiger charge is 2.09. The van der Waals surface area contributed by atoms with Crippen LogP contribution in [0.2, 0.25) is 0 Å². The highest BCUT2D eigenvalue weighted by molar-refractivity contribution is 5.67. The standard InChI is InChI=1S/C14H18N2/c1-10(2)14-7-11(3)5-6-13(14)12-8-15-16(4)9-12/h5-10H,1-4H3. The van der Waals surface area contributed by atoms with Crippen molar-refractivity contribution in [2.24, 2.45) is 7.05 Å². The van der Waals surface area contributed by atoms with Crippen LogP contribution in [0.15, 0.2) is 30.6 Å². The highest BCUT2D eigenvalue weighted by Crippen LogP contribution is 2.29. The molecule has 2 aromatic rings. The summed E-state index contributed by atoms with van der Waals surface area (Å²) in [6.07, 6.45) is 3.99. The number of nitrogens with zero attached hydrogens (tertiary/aromatic N) is 2. The third-order valence-electron chi connectivity index (χ3n) is 2.84. The van der Waals surface area contributed by atoms with E-state index in [0.29, 0.717) is 5.92 Å². The summed E-state index contributed by atoms with van der Waals surface area (Å²) in [7, 11) is 1.95. The van der Waals surface area contributed by atoms with E-state index in [2.05, 4.69) is 50.3 Å². The minimum Gasteiger partial charge on any atom is -0.275 e. The number of rotatable bonds is 2. The van der Waals surface area contributed by atoms with E-state index in [-0.39, 0.29) is 0 Å². The minimum absolute atomic E-state index is 0.537. The predicted octanol–water partition coefficient (Wildman–Crippen LogP) is 3.52. The van der Waals surface area contributed by atoms with Gasteiger partial charge in [0.1, 0.15) is 0 Å². The normalized spacial score (nSPS) is 11.1. The summed E-state index contributed by atoms with van der Waals surface area (Å²) < 4.78 is 1.85. The van der Waals surface area contributed by atoms with Crippen molar-refractivity contribution >= 4 is 0 Å². The second-order valence-electron chi connectivity index (χ2n) is 4.65. The summed E-state index contributed by atoms with van der Waals surface area (Å²) in [5, 5.41) is 4.23. The molecule has 0 saturated heterocycles. The van der Waals surface area contributed by atoms with Gasteiger partial charge < -0.3 is 0 Å². The van der Waals surface area contributed by atoms with Crippen molar-refractivity contribution in [3.8, 4) is 11.1 Å². The molecule has 0 fully saturated rings. The zero-order valence-electron chi connectivity index (χ0n) is 10.4. The molecule has 0 saturated carbocycles. The zero-order valence-corrected chi connectivity index (χ0v) is 10.4. The van der Waals surface area contributed by atoms with E-state index in [1.165, 1.54) is 22.3 Å². The van der Waals surface area contributed by atoms with Gasteiger partial charge in [0.2, 0.25) is 0 Å². The summed E-state index contributed by atoms with van der Waals surface area (Å²) in [5.41, 5.74) is 5.21. The average molecular weight is 214 g/mol. The molecule has 1 heterocycles. The Morgan fingerprint density at radius 1 is 1.25 bits per heavy atom. The van der Waals surface area contributed by atoms with Crippen LogP contribution < -0.4 is 0 Å². The number of hydrogen-bond donors (Lipinski definition) is 0. The first-order valence-corrected chi connectivity index (χ1v) is 5.67. The third-order valence-corrected chi connectivity index (χ3v) is 2.84. The maximum absolute atomic E-state index is 4.23. The lowest BCUT2D eigenvalue weighted by atomic mass is 9.92. The second kappa shape index (κ2) is 4.12. The van der Waals surface area contributed by atoms with Gasteiger partial charge in [-0.15, -0.1) is 0 Å². The van der Waals surface area contributed by atoms with Crippen LogP contribution in [0.4, 0.5) is 0 Å². The topological polar surface area (TPSA) is 17.8 Å². The van der Waals surface area contributed by atoms with Gasteiger partial charge in [0, 0.05) is 18.8 Å². The Morgan fingerprint density at radius 2 is 2.00 bits per heavy atom. The van der Waals surface area contributed by atoms with Gasteiger partial charge in [-0.2, -0.15) is 5.10 Å². The fraction of sp³-hybridized carbons (Fsp3) is 0.357. The van der Waals surface area contributed by atoms with Gasteiger partial charge in [-0.05, 0) is 24.0 Å². The summed E-state index contributed by atoms with van der Waals surface area (Å²) in [6, 6.07) is 6.63. The lowest BCUT2D eigenvalue weighted by molar-refractivity contribution is 0.768. The quantitative estimate of drug-likeness (QED) is 0.748. The van der Waals surface area contributed by atoms with E-state index in [9.17, 15) is 0 Å². The van der Waals surface area contributed by atoms with Gasteiger partial charge in [-0.1, -0.05) is 37.6 Å². The molecular weight excluding hydrogens is 196 g/mol. The van der Waals surface area contributed by atoms with Crippen LogP contribution in [0.3, 0.4) is 0 Å². The van der Waals surface area contributed by atoms with Crippen molar-refractivity contribution in [3.63, 3.8) is 0 Å². The van der Waals surface area contributed by atoms with Crippen LogP contribution in [0.1, 0.15) is 30.9 Å². The molecule has 0 aliphatic heterocycles. The number of aromatic nitrogens is 2. The smallest absolute Gasteiger partial charge is 0.0568 e. The van der Waals surface area contributed by atoms with Crippen molar-refractivity contribution in [2.45, 2.75) is 26.7 Å². The predicted molar refractivity (Wildman–Crippen MR) is 67.5 cm³/mol. The molecule has 2 rings (SSSR count). The number of benzene rings is 1. The van der Waals surface area contributed by atoms with Crippen molar-refractivity contribution < 1.29 is 0 Å². The Balaban J connectivity index is 2.56. The summed E-state index contributed by atoms with van der Waals surface area (Å²) in [5.74, 6) is 0.537. The van der Waals surface area contributed by atoms with Crippen molar-refractivity contribution in [1.29, 1.82) is 0 Å². The van der Waals surface area contributed by atoms with Crippen LogP contribution in [0.5, 0.6) is 0 Å². The van der Waals surface area contributed by atoms with Gasteiger partial charge in [-0.25, -0.2) is 0 Å². The molecule has 0 aliphatic rings.